The molecule has 112 valence electrons. The zero-order chi connectivity index (χ0) is 15.1. The van der Waals surface area contributed by atoms with Crippen molar-refractivity contribution in [2.24, 2.45) is 0 Å². The molecule has 7 nitrogen and oxygen atoms in total. The number of halogens is 1. The van der Waals surface area contributed by atoms with Gasteiger partial charge >= 0.3 is 0 Å². The van der Waals surface area contributed by atoms with Crippen LogP contribution < -0.4 is 0 Å². The highest BCUT2D eigenvalue weighted by molar-refractivity contribution is 7.71. The van der Waals surface area contributed by atoms with Gasteiger partial charge in [-0.05, 0) is 6.07 Å². The van der Waals surface area contributed by atoms with Crippen molar-refractivity contribution < 1.29 is 24.4 Å². The minimum atomic E-state index is -1.23. The van der Waals surface area contributed by atoms with Crippen LogP contribution in [0.25, 0.3) is 11.2 Å². The maximum Gasteiger partial charge on any atom is 0.233 e. The van der Waals surface area contributed by atoms with Crippen LogP contribution in [-0.4, -0.2) is 55.2 Å². The van der Waals surface area contributed by atoms with Crippen LogP contribution in [-0.2, 0) is 4.74 Å². The Morgan fingerprint density at radius 2 is 2.14 bits per heavy atom. The first-order valence-corrected chi connectivity index (χ1v) is 6.60. The summed E-state index contributed by atoms with van der Waals surface area (Å²) in [5.74, 6) is -0.742. The molecule has 1 aliphatic heterocycles. The minimum Gasteiger partial charge on any atom is -0.394 e. The summed E-state index contributed by atoms with van der Waals surface area (Å²) in [6.45, 7) is -0.427. The maximum atomic E-state index is 13.0. The Morgan fingerprint density at radius 1 is 1.38 bits per heavy atom. The van der Waals surface area contributed by atoms with Gasteiger partial charge < -0.3 is 25.0 Å². The number of nitrogens with one attached hydrogen (secondary N) is 1. The van der Waals surface area contributed by atoms with Crippen LogP contribution in [0.4, 0.5) is 4.39 Å². The number of nitrogens with zero attached hydrogens (tertiary/aromatic N) is 2. The van der Waals surface area contributed by atoms with Gasteiger partial charge in [-0.1, -0.05) is 12.2 Å². The quantitative estimate of drug-likeness (QED) is 0.577. The van der Waals surface area contributed by atoms with Crippen LogP contribution in [0.5, 0.6) is 0 Å². The number of aliphatic hydroxyl groups excluding tert-OH is 3. The van der Waals surface area contributed by atoms with Gasteiger partial charge in [-0.15, -0.1) is 0 Å². The lowest BCUT2D eigenvalue weighted by Crippen LogP contribution is -2.32. The first-order chi connectivity index (χ1) is 10.0. The second-order valence-electron chi connectivity index (χ2n) is 4.74. The predicted molar refractivity (Wildman–Crippen MR) is 71.4 cm³/mol. The number of pyridine rings is 1. The summed E-state index contributed by atoms with van der Waals surface area (Å²) in [4.78, 5) is 10.2. The molecule has 3 heterocycles. The van der Waals surface area contributed by atoms with Gasteiger partial charge in [0.25, 0.3) is 0 Å². The molecular formula is C12H12FN3O4S. The molecule has 1 saturated heterocycles. The van der Waals surface area contributed by atoms with Gasteiger partial charge in [0.1, 0.15) is 34.6 Å². The van der Waals surface area contributed by atoms with E-state index in [2.05, 4.69) is 15.0 Å². The zero-order valence-corrected chi connectivity index (χ0v) is 11.4. The Hall–Kier alpha value is -1.52. The summed E-state index contributed by atoms with van der Waals surface area (Å²) in [6, 6.07) is 1.51. The Kier molecular flexibility index (Phi) is 3.68. The van der Waals surface area contributed by atoms with Gasteiger partial charge in [0, 0.05) is 5.56 Å². The van der Waals surface area contributed by atoms with Crippen LogP contribution in [0.1, 0.15) is 11.7 Å². The lowest BCUT2D eigenvalue weighted by molar-refractivity contribution is -0.0229. The number of aliphatic hydroxyl groups is 3. The maximum absolute atomic E-state index is 13.0. The molecule has 9 heteroatoms. The molecule has 0 saturated carbocycles. The van der Waals surface area contributed by atoms with Crippen molar-refractivity contribution in [3.05, 3.63) is 28.4 Å². The average molecular weight is 313 g/mol. The lowest BCUT2D eigenvalue weighted by Gasteiger charge is -2.15. The smallest absolute Gasteiger partial charge is 0.233 e. The molecule has 0 aliphatic carbocycles. The molecule has 2 aromatic heterocycles. The molecule has 0 aromatic carbocycles. The second-order valence-corrected chi connectivity index (χ2v) is 5.15. The van der Waals surface area contributed by atoms with Crippen LogP contribution >= 0.6 is 12.2 Å². The van der Waals surface area contributed by atoms with Gasteiger partial charge in [-0.3, -0.25) is 0 Å². The third kappa shape index (κ3) is 2.43. The number of aromatic amines is 1. The third-order valence-corrected chi connectivity index (χ3v) is 3.74. The molecule has 2 aromatic rings. The lowest BCUT2D eigenvalue weighted by atomic mass is 10.0. The molecule has 0 amide bonds. The molecule has 2 unspecified atom stereocenters. The van der Waals surface area contributed by atoms with Crippen molar-refractivity contribution in [2.75, 3.05) is 6.61 Å². The van der Waals surface area contributed by atoms with E-state index in [4.69, 9.17) is 22.1 Å². The van der Waals surface area contributed by atoms with E-state index in [9.17, 15) is 14.6 Å². The summed E-state index contributed by atoms with van der Waals surface area (Å²) in [7, 11) is 0. The molecule has 0 radical (unpaired) electrons. The summed E-state index contributed by atoms with van der Waals surface area (Å²) < 4.78 is 18.6. The van der Waals surface area contributed by atoms with Gasteiger partial charge in [0.2, 0.25) is 5.95 Å². The molecule has 4 N–H and O–H groups in total. The van der Waals surface area contributed by atoms with Crippen LogP contribution in [0, 0.1) is 10.6 Å². The van der Waals surface area contributed by atoms with Crippen molar-refractivity contribution in [3.63, 3.8) is 0 Å². The Morgan fingerprint density at radius 3 is 2.81 bits per heavy atom. The van der Waals surface area contributed by atoms with E-state index in [0.29, 0.717) is 11.1 Å². The van der Waals surface area contributed by atoms with E-state index >= 15 is 0 Å². The number of fused-ring (bicyclic) bond motifs is 1. The third-order valence-electron chi connectivity index (χ3n) is 3.41. The predicted octanol–water partition coefficient (Wildman–Crippen LogP) is -0.0195. The summed E-state index contributed by atoms with van der Waals surface area (Å²) in [5, 5.41) is 28.9. The van der Waals surface area contributed by atoms with Crippen molar-refractivity contribution in [2.45, 2.75) is 24.4 Å². The summed E-state index contributed by atoms with van der Waals surface area (Å²) in [5.41, 5.74) is 0.911. The number of ether oxygens (including phenoxy) is 1. The minimum absolute atomic E-state index is 0.176. The highest BCUT2D eigenvalue weighted by Gasteiger charge is 2.43. The van der Waals surface area contributed by atoms with E-state index in [1.54, 1.807) is 0 Å². The van der Waals surface area contributed by atoms with Crippen molar-refractivity contribution >= 4 is 23.4 Å². The standard InChI is InChI=1S/C12H12FN3O4S/c13-7-2-14-5-1-4(12(21)16-11(5)15-7)10-9(19)8(18)6(3-17)20-10/h1-2,6,8-10,17-19H,3H2,(H,15,16,21)/t6-,8?,9?,10+/m1/s1. The van der Waals surface area contributed by atoms with E-state index in [0.717, 1.165) is 6.20 Å². The summed E-state index contributed by atoms with van der Waals surface area (Å²) in [6.07, 6.45) is -3.29. The number of hydrogen-bond acceptors (Lipinski definition) is 7. The second kappa shape index (κ2) is 5.35. The van der Waals surface area contributed by atoms with Gasteiger partial charge in [-0.25, -0.2) is 4.98 Å². The number of hydrogen-bond donors (Lipinski definition) is 4. The fraction of sp³-hybridized carbons (Fsp3) is 0.417. The van der Waals surface area contributed by atoms with Crippen molar-refractivity contribution in [3.8, 4) is 0 Å². The van der Waals surface area contributed by atoms with Crippen LogP contribution in [0.2, 0.25) is 0 Å². The number of aromatic nitrogens is 3. The molecule has 4 atom stereocenters. The largest absolute Gasteiger partial charge is 0.394 e. The fourth-order valence-corrected chi connectivity index (χ4v) is 2.61. The average Bonchev–Trinajstić information content (AvgIpc) is 2.74. The van der Waals surface area contributed by atoms with Crippen LogP contribution in [0.15, 0.2) is 12.3 Å². The van der Waals surface area contributed by atoms with E-state index in [1.807, 2.05) is 0 Å². The zero-order valence-electron chi connectivity index (χ0n) is 10.6. The van der Waals surface area contributed by atoms with Crippen LogP contribution in [0.3, 0.4) is 0 Å². The highest BCUT2D eigenvalue weighted by Crippen LogP contribution is 2.34. The summed E-state index contributed by atoms with van der Waals surface area (Å²) >= 11 is 5.14. The highest BCUT2D eigenvalue weighted by atomic mass is 32.1. The van der Waals surface area contributed by atoms with Gasteiger partial charge in [0.05, 0.1) is 12.8 Å². The molecule has 3 rings (SSSR count). The fourth-order valence-electron chi connectivity index (χ4n) is 2.34. The van der Waals surface area contributed by atoms with E-state index in [1.165, 1.54) is 6.07 Å². The van der Waals surface area contributed by atoms with Gasteiger partial charge in [-0.2, -0.15) is 9.37 Å². The molecule has 1 fully saturated rings. The SMILES string of the molecule is OC[C@H]1O[C@@H](c2cc3ncc(F)nc3[nH]c2=S)C(O)C1O. The van der Waals surface area contributed by atoms with Crippen molar-refractivity contribution in [1.82, 2.24) is 15.0 Å². The molecular weight excluding hydrogens is 301 g/mol. The number of H-pyrrole nitrogens is 1. The number of rotatable bonds is 2. The first kappa shape index (κ1) is 14.4. The van der Waals surface area contributed by atoms with E-state index in [-0.39, 0.29) is 10.3 Å². The topological polar surface area (TPSA) is 111 Å². The Labute approximate surface area is 123 Å². The monoisotopic (exact) mass is 313 g/mol. The first-order valence-electron chi connectivity index (χ1n) is 6.19. The molecule has 1 aliphatic rings. The molecule has 0 spiro atoms. The normalized spacial score (nSPS) is 29.1. The van der Waals surface area contributed by atoms with Gasteiger partial charge in [0.15, 0.2) is 5.65 Å². The Bertz CT molecular complexity index is 740. The molecule has 21 heavy (non-hydrogen) atoms. The molecule has 0 bridgehead atoms. The van der Waals surface area contributed by atoms with E-state index < -0.39 is 37.0 Å². The van der Waals surface area contributed by atoms with Crippen molar-refractivity contribution in [1.29, 1.82) is 0 Å². The Balaban J connectivity index is 2.07.